The van der Waals surface area contributed by atoms with Gasteiger partial charge in [-0.1, -0.05) is 78.9 Å². The molecule has 3 nitrogen and oxygen atoms in total. The van der Waals surface area contributed by atoms with E-state index in [1.807, 2.05) is 10.7 Å². The first-order valence-electron chi connectivity index (χ1n) is 10.9. The van der Waals surface area contributed by atoms with Gasteiger partial charge in [0.15, 0.2) is 0 Å². The average Bonchev–Trinajstić information content (AvgIpc) is 3.49. The number of aromatic nitrogens is 1. The quantitative estimate of drug-likeness (QED) is 0.379. The summed E-state index contributed by atoms with van der Waals surface area (Å²) in [6.45, 7) is 0.653. The van der Waals surface area contributed by atoms with Gasteiger partial charge < -0.3 is 10.6 Å². The Kier molecular flexibility index (Phi) is 3.44. The number of nitrogen functional groups attached to an aromatic ring is 1. The fourth-order valence-corrected chi connectivity index (χ4v) is 5.69. The zero-order valence-corrected chi connectivity index (χ0v) is 17.0. The van der Waals surface area contributed by atoms with Crippen LogP contribution in [0, 0.1) is 0 Å². The van der Waals surface area contributed by atoms with E-state index < -0.39 is 0 Å². The van der Waals surface area contributed by atoms with E-state index in [2.05, 4.69) is 84.9 Å². The number of fused-ring (bicyclic) bond motifs is 10. The van der Waals surface area contributed by atoms with Gasteiger partial charge in [-0.25, -0.2) is 0 Å². The summed E-state index contributed by atoms with van der Waals surface area (Å²) in [6.07, 6.45) is 0.214. The van der Waals surface area contributed by atoms with Crippen molar-refractivity contribution in [3.8, 4) is 11.1 Å². The molecule has 1 heterocycles. The summed E-state index contributed by atoms with van der Waals surface area (Å²) in [7, 11) is 0. The standard InChI is InChI=1S/C28H22N2O/c29-30-22-13-7-6-12-20(22)25-23(30)15-14-21-24(25)18-10-4-5-11-19(18)26-27(21)28(26)31-16-17-8-2-1-3-9-17/h1-15,26-28H,16,29H2. The molecule has 2 N–H and O–H groups in total. The van der Waals surface area contributed by atoms with E-state index in [0.29, 0.717) is 18.4 Å². The van der Waals surface area contributed by atoms with E-state index in [-0.39, 0.29) is 6.10 Å². The van der Waals surface area contributed by atoms with E-state index in [4.69, 9.17) is 10.6 Å². The molecule has 5 aromatic rings. The van der Waals surface area contributed by atoms with Gasteiger partial charge in [-0.05, 0) is 39.9 Å². The van der Waals surface area contributed by atoms with Crippen molar-refractivity contribution in [1.29, 1.82) is 0 Å². The first-order chi connectivity index (χ1) is 15.3. The van der Waals surface area contributed by atoms with Crippen LogP contribution in [0.25, 0.3) is 32.9 Å². The summed E-state index contributed by atoms with van der Waals surface area (Å²) in [4.78, 5) is 0. The van der Waals surface area contributed by atoms with Gasteiger partial charge in [-0.2, -0.15) is 0 Å². The van der Waals surface area contributed by atoms with Gasteiger partial charge >= 0.3 is 0 Å². The van der Waals surface area contributed by atoms with E-state index in [0.717, 1.165) is 11.0 Å². The van der Waals surface area contributed by atoms with Crippen molar-refractivity contribution < 1.29 is 4.74 Å². The van der Waals surface area contributed by atoms with Crippen LogP contribution in [-0.4, -0.2) is 10.8 Å². The molecule has 0 aliphatic heterocycles. The smallest absolute Gasteiger partial charge is 0.0730 e. The number of ether oxygens (including phenoxy) is 1. The Balaban J connectivity index is 1.41. The van der Waals surface area contributed by atoms with Gasteiger partial charge in [-0.15, -0.1) is 0 Å². The monoisotopic (exact) mass is 402 g/mol. The molecule has 3 heteroatoms. The van der Waals surface area contributed by atoms with Crippen molar-refractivity contribution in [3.05, 3.63) is 108 Å². The predicted molar refractivity (Wildman–Crippen MR) is 126 cm³/mol. The summed E-state index contributed by atoms with van der Waals surface area (Å²) < 4.78 is 8.30. The lowest BCUT2D eigenvalue weighted by molar-refractivity contribution is 0.0985. The molecule has 1 aromatic heterocycles. The number of rotatable bonds is 3. The lowest BCUT2D eigenvalue weighted by Gasteiger charge is -2.20. The maximum absolute atomic E-state index is 6.50. The summed E-state index contributed by atoms with van der Waals surface area (Å²) >= 11 is 0. The van der Waals surface area contributed by atoms with Crippen LogP contribution in [0.2, 0.25) is 0 Å². The molecule has 3 atom stereocenters. The average molecular weight is 402 g/mol. The minimum atomic E-state index is 0.214. The molecule has 0 bridgehead atoms. The Hall–Kier alpha value is -3.56. The SMILES string of the molecule is Nn1c2ccccc2c2c3c(ccc21)C1C(OCc2ccccc2)C1c1ccccc1-3. The van der Waals surface area contributed by atoms with Crippen molar-refractivity contribution in [3.63, 3.8) is 0 Å². The van der Waals surface area contributed by atoms with Crippen molar-refractivity contribution in [1.82, 2.24) is 4.68 Å². The zero-order valence-electron chi connectivity index (χ0n) is 17.0. The van der Waals surface area contributed by atoms with Crippen LogP contribution in [0.15, 0.2) is 91.0 Å². The van der Waals surface area contributed by atoms with E-state index in [9.17, 15) is 0 Å². The van der Waals surface area contributed by atoms with Gasteiger partial charge in [0.25, 0.3) is 0 Å². The van der Waals surface area contributed by atoms with E-state index in [1.165, 1.54) is 38.6 Å². The van der Waals surface area contributed by atoms with Crippen LogP contribution in [-0.2, 0) is 11.3 Å². The van der Waals surface area contributed by atoms with Crippen LogP contribution in [0.1, 0.15) is 28.5 Å². The minimum Gasteiger partial charge on any atom is -0.372 e. The number of nitrogens with two attached hydrogens (primary N) is 1. The maximum Gasteiger partial charge on any atom is 0.0730 e. The highest BCUT2D eigenvalue weighted by Gasteiger charge is 2.57. The second-order valence-electron chi connectivity index (χ2n) is 8.71. The third-order valence-electron chi connectivity index (χ3n) is 7.10. The van der Waals surface area contributed by atoms with E-state index in [1.54, 1.807) is 0 Å². The Morgan fingerprint density at radius 2 is 1.45 bits per heavy atom. The second kappa shape index (κ2) is 6.22. The lowest BCUT2D eigenvalue weighted by Crippen LogP contribution is -2.07. The lowest BCUT2D eigenvalue weighted by atomic mass is 9.83. The Labute approximate surface area is 180 Å². The molecule has 1 fully saturated rings. The normalized spacial score (nSPS) is 21.0. The molecule has 2 aliphatic carbocycles. The first-order valence-corrected chi connectivity index (χ1v) is 10.9. The van der Waals surface area contributed by atoms with Gasteiger partial charge in [0.2, 0.25) is 0 Å². The molecule has 4 aromatic carbocycles. The van der Waals surface area contributed by atoms with Crippen LogP contribution in [0.3, 0.4) is 0 Å². The Bertz CT molecular complexity index is 1470. The van der Waals surface area contributed by atoms with Gasteiger partial charge in [-0.3, -0.25) is 4.68 Å². The van der Waals surface area contributed by atoms with Gasteiger partial charge in [0.05, 0.1) is 23.7 Å². The Morgan fingerprint density at radius 1 is 0.710 bits per heavy atom. The molecule has 3 unspecified atom stereocenters. The molecular formula is C28H22N2O. The summed E-state index contributed by atoms with van der Waals surface area (Å²) in [6, 6.07) is 32.2. The molecule has 1 saturated carbocycles. The van der Waals surface area contributed by atoms with Gasteiger partial charge in [0, 0.05) is 22.6 Å². The molecule has 0 spiro atoms. The topological polar surface area (TPSA) is 40.2 Å². The minimum absolute atomic E-state index is 0.214. The number of benzene rings is 4. The highest BCUT2D eigenvalue weighted by atomic mass is 16.5. The summed E-state index contributed by atoms with van der Waals surface area (Å²) in [5.41, 5.74) is 8.83. The van der Waals surface area contributed by atoms with Crippen LogP contribution < -0.4 is 5.84 Å². The second-order valence-corrected chi connectivity index (χ2v) is 8.71. The summed E-state index contributed by atoms with van der Waals surface area (Å²) in [5.74, 6) is 7.33. The maximum atomic E-state index is 6.50. The van der Waals surface area contributed by atoms with E-state index >= 15 is 0 Å². The fourth-order valence-electron chi connectivity index (χ4n) is 5.69. The van der Waals surface area contributed by atoms with Crippen LogP contribution in [0.4, 0.5) is 0 Å². The first kappa shape index (κ1) is 17.2. The van der Waals surface area contributed by atoms with Crippen molar-refractivity contribution in [2.24, 2.45) is 0 Å². The van der Waals surface area contributed by atoms with Gasteiger partial charge in [0.1, 0.15) is 0 Å². The van der Waals surface area contributed by atoms with Crippen molar-refractivity contribution >= 4 is 21.8 Å². The third-order valence-corrected chi connectivity index (χ3v) is 7.10. The highest BCUT2D eigenvalue weighted by molar-refractivity contribution is 6.16. The number of para-hydroxylation sites is 1. The third kappa shape index (κ3) is 2.32. The molecular weight excluding hydrogens is 380 g/mol. The molecule has 150 valence electrons. The highest BCUT2D eigenvalue weighted by Crippen LogP contribution is 2.64. The molecule has 0 saturated heterocycles. The Morgan fingerprint density at radius 3 is 2.35 bits per heavy atom. The molecule has 31 heavy (non-hydrogen) atoms. The summed E-state index contributed by atoms with van der Waals surface area (Å²) in [5, 5.41) is 2.47. The van der Waals surface area contributed by atoms with Crippen LogP contribution >= 0.6 is 0 Å². The van der Waals surface area contributed by atoms with Crippen LogP contribution in [0.5, 0.6) is 0 Å². The predicted octanol–water partition coefficient (Wildman–Crippen LogP) is 5.96. The largest absolute Gasteiger partial charge is 0.372 e. The molecule has 0 amide bonds. The number of nitrogens with zero attached hydrogens (tertiary/aromatic N) is 1. The fraction of sp³-hybridized carbons (Fsp3) is 0.143. The molecule has 2 aliphatic rings. The molecule has 7 rings (SSSR count). The zero-order chi connectivity index (χ0) is 20.5. The van der Waals surface area contributed by atoms with Crippen molar-refractivity contribution in [2.75, 3.05) is 5.84 Å². The number of hydrogen-bond donors (Lipinski definition) is 1. The molecule has 0 radical (unpaired) electrons. The van der Waals surface area contributed by atoms with Crippen molar-refractivity contribution in [2.45, 2.75) is 24.5 Å². The number of hydrogen-bond acceptors (Lipinski definition) is 2.